The molecule has 1 aromatic heterocycles. The van der Waals surface area contributed by atoms with Crippen molar-refractivity contribution in [3.63, 3.8) is 0 Å². The zero-order valence-electron chi connectivity index (χ0n) is 17.1. The topological polar surface area (TPSA) is 127 Å². The van der Waals surface area contributed by atoms with Crippen LogP contribution in [-0.4, -0.2) is 20.3 Å². The number of rotatable bonds is 7. The van der Waals surface area contributed by atoms with Gasteiger partial charge in [-0.2, -0.15) is 0 Å². The first-order valence-electron chi connectivity index (χ1n) is 9.28. The number of anilines is 1. The first-order valence-corrected chi connectivity index (χ1v) is 10.8. The maximum Gasteiger partial charge on any atom is 0.471 e. The van der Waals surface area contributed by atoms with Crippen LogP contribution in [0.2, 0.25) is 0 Å². The molecule has 168 valence electrons. The van der Waals surface area contributed by atoms with Gasteiger partial charge in [0.25, 0.3) is 11.5 Å². The lowest BCUT2D eigenvalue weighted by atomic mass is 10.1. The molecule has 0 saturated heterocycles. The van der Waals surface area contributed by atoms with Crippen LogP contribution in [0.1, 0.15) is 21.5 Å². The standard InChI is InChI=1S/C21H20FN2O7P/c1-13-3-5-19(31-18-6-4-15(22)10-14(18)2)17(9-13)21(26)23-16-7-8-24(20(25)11-16)12-30-32(27,28)29/h3-11H,12H2,1-2H3,(H,23,26)(H2,27,28,29). The van der Waals surface area contributed by atoms with Crippen LogP contribution in [0.3, 0.4) is 0 Å². The van der Waals surface area contributed by atoms with E-state index in [2.05, 4.69) is 9.84 Å². The number of ether oxygens (including phenoxy) is 1. The van der Waals surface area contributed by atoms with Crippen LogP contribution in [0.15, 0.2) is 59.5 Å². The Morgan fingerprint density at radius 1 is 1.09 bits per heavy atom. The second kappa shape index (κ2) is 9.46. The number of nitrogens with one attached hydrogen (secondary N) is 1. The first kappa shape index (κ1) is 23.4. The van der Waals surface area contributed by atoms with Crippen molar-refractivity contribution in [2.24, 2.45) is 0 Å². The van der Waals surface area contributed by atoms with Crippen molar-refractivity contribution in [2.45, 2.75) is 20.6 Å². The number of benzene rings is 2. The predicted molar refractivity (Wildman–Crippen MR) is 114 cm³/mol. The van der Waals surface area contributed by atoms with Gasteiger partial charge in [0.15, 0.2) is 0 Å². The van der Waals surface area contributed by atoms with E-state index in [4.69, 9.17) is 14.5 Å². The molecule has 2 aromatic carbocycles. The average molecular weight is 462 g/mol. The van der Waals surface area contributed by atoms with Crippen LogP contribution in [0.5, 0.6) is 11.5 Å². The Kier molecular flexibility index (Phi) is 6.90. The van der Waals surface area contributed by atoms with Gasteiger partial charge in [-0.15, -0.1) is 0 Å². The number of aryl methyl sites for hydroxylation is 2. The third kappa shape index (κ3) is 6.12. The summed E-state index contributed by atoms with van der Waals surface area (Å²) in [4.78, 5) is 42.5. The summed E-state index contributed by atoms with van der Waals surface area (Å²) in [5.74, 6) is -0.326. The van der Waals surface area contributed by atoms with E-state index in [-0.39, 0.29) is 17.0 Å². The van der Waals surface area contributed by atoms with E-state index in [1.165, 1.54) is 30.5 Å². The third-order valence-electron chi connectivity index (χ3n) is 4.36. The van der Waals surface area contributed by atoms with Crippen molar-refractivity contribution >= 4 is 19.4 Å². The van der Waals surface area contributed by atoms with Gasteiger partial charge in [-0.25, -0.2) is 8.96 Å². The van der Waals surface area contributed by atoms with Crippen molar-refractivity contribution in [2.75, 3.05) is 5.32 Å². The zero-order chi connectivity index (χ0) is 23.5. The van der Waals surface area contributed by atoms with Gasteiger partial charge in [-0.05, 0) is 55.8 Å². The Labute approximate surface area is 182 Å². The van der Waals surface area contributed by atoms with E-state index in [0.29, 0.717) is 11.3 Å². The predicted octanol–water partition coefficient (Wildman–Crippen LogP) is 3.72. The van der Waals surface area contributed by atoms with Crippen LogP contribution in [0.4, 0.5) is 10.1 Å². The lowest BCUT2D eigenvalue weighted by molar-refractivity contribution is 0.102. The second-order valence-corrected chi connectivity index (χ2v) is 8.18. The Balaban J connectivity index is 1.82. The quantitative estimate of drug-likeness (QED) is 0.457. The van der Waals surface area contributed by atoms with E-state index in [1.807, 2.05) is 0 Å². The van der Waals surface area contributed by atoms with Crippen molar-refractivity contribution < 1.29 is 32.8 Å². The number of phosphoric ester groups is 1. The van der Waals surface area contributed by atoms with Crippen molar-refractivity contribution in [3.8, 4) is 11.5 Å². The Morgan fingerprint density at radius 3 is 2.47 bits per heavy atom. The number of carbonyl (C=O) groups is 1. The number of hydrogen-bond acceptors (Lipinski definition) is 5. The van der Waals surface area contributed by atoms with Crippen LogP contribution in [0, 0.1) is 19.7 Å². The highest BCUT2D eigenvalue weighted by Crippen LogP contribution is 2.36. The summed E-state index contributed by atoms with van der Waals surface area (Å²) in [5, 5.41) is 2.59. The molecule has 3 N–H and O–H groups in total. The lowest BCUT2D eigenvalue weighted by Crippen LogP contribution is -2.21. The number of hydrogen-bond donors (Lipinski definition) is 3. The fourth-order valence-electron chi connectivity index (χ4n) is 2.78. The summed E-state index contributed by atoms with van der Waals surface area (Å²) >= 11 is 0. The smallest absolute Gasteiger partial charge is 0.456 e. The van der Waals surface area contributed by atoms with Crippen molar-refractivity contribution in [1.82, 2.24) is 4.57 Å². The number of halogens is 1. The van der Waals surface area contributed by atoms with Gasteiger partial charge in [0.1, 0.15) is 24.0 Å². The molecule has 3 aromatic rings. The molecule has 0 unspecified atom stereocenters. The average Bonchev–Trinajstić information content (AvgIpc) is 2.70. The summed E-state index contributed by atoms with van der Waals surface area (Å²) in [5.41, 5.74) is 1.07. The zero-order valence-corrected chi connectivity index (χ0v) is 18.0. The van der Waals surface area contributed by atoms with E-state index in [0.717, 1.165) is 16.2 Å². The molecule has 1 heterocycles. The molecule has 0 fully saturated rings. The van der Waals surface area contributed by atoms with Crippen molar-refractivity contribution in [3.05, 3.63) is 87.6 Å². The van der Waals surface area contributed by atoms with Gasteiger partial charge < -0.3 is 19.8 Å². The molecule has 11 heteroatoms. The number of aromatic nitrogens is 1. The maximum absolute atomic E-state index is 13.4. The van der Waals surface area contributed by atoms with Gasteiger partial charge >= 0.3 is 7.82 Å². The van der Waals surface area contributed by atoms with E-state index < -0.39 is 31.8 Å². The molecule has 0 spiro atoms. The number of carbonyl (C=O) groups excluding carboxylic acids is 1. The van der Waals surface area contributed by atoms with E-state index >= 15 is 0 Å². The third-order valence-corrected chi connectivity index (χ3v) is 4.81. The molecule has 9 nitrogen and oxygen atoms in total. The molecule has 0 aliphatic heterocycles. The van der Waals surface area contributed by atoms with Crippen LogP contribution >= 0.6 is 7.82 Å². The van der Waals surface area contributed by atoms with Crippen LogP contribution in [-0.2, 0) is 15.8 Å². The number of phosphoric acid groups is 1. The minimum Gasteiger partial charge on any atom is -0.456 e. The van der Waals surface area contributed by atoms with Gasteiger partial charge in [0, 0.05) is 18.0 Å². The number of amides is 1. The van der Waals surface area contributed by atoms with Gasteiger partial charge in [0.2, 0.25) is 0 Å². The SMILES string of the molecule is Cc1ccc(Oc2ccc(F)cc2C)c(C(=O)Nc2ccn(COP(=O)(O)O)c(=O)c2)c1. The van der Waals surface area contributed by atoms with Gasteiger partial charge in [0.05, 0.1) is 5.56 Å². The minimum atomic E-state index is -4.74. The van der Waals surface area contributed by atoms with E-state index in [1.54, 1.807) is 32.0 Å². The molecule has 1 amide bonds. The molecule has 0 aliphatic rings. The number of nitrogens with zero attached hydrogens (tertiary/aromatic N) is 1. The normalized spacial score (nSPS) is 11.3. The summed E-state index contributed by atoms with van der Waals surface area (Å²) in [6.07, 6.45) is 1.23. The fourth-order valence-corrected chi connectivity index (χ4v) is 3.06. The molecular formula is C21H20FN2O7P. The second-order valence-electron chi connectivity index (χ2n) is 6.94. The highest BCUT2D eigenvalue weighted by molar-refractivity contribution is 7.46. The molecule has 0 atom stereocenters. The highest BCUT2D eigenvalue weighted by Gasteiger charge is 2.17. The summed E-state index contributed by atoms with van der Waals surface area (Å²) < 4.78 is 35.2. The van der Waals surface area contributed by atoms with Gasteiger partial charge in [-0.3, -0.25) is 18.7 Å². The van der Waals surface area contributed by atoms with Crippen LogP contribution in [0.25, 0.3) is 0 Å². The lowest BCUT2D eigenvalue weighted by Gasteiger charge is -2.14. The Morgan fingerprint density at radius 2 is 1.81 bits per heavy atom. The number of pyridine rings is 1. The largest absolute Gasteiger partial charge is 0.471 e. The summed E-state index contributed by atoms with van der Waals surface area (Å²) in [6, 6.07) is 11.5. The molecule has 0 bridgehead atoms. The molecule has 0 aliphatic carbocycles. The maximum atomic E-state index is 13.4. The monoisotopic (exact) mass is 462 g/mol. The molecule has 0 radical (unpaired) electrons. The van der Waals surface area contributed by atoms with Crippen molar-refractivity contribution in [1.29, 1.82) is 0 Å². The molecule has 0 saturated carbocycles. The molecule has 3 rings (SSSR count). The molecule has 32 heavy (non-hydrogen) atoms. The van der Waals surface area contributed by atoms with Crippen LogP contribution < -0.4 is 15.6 Å². The summed E-state index contributed by atoms with van der Waals surface area (Å²) in [6.45, 7) is 2.83. The minimum absolute atomic E-state index is 0.165. The van der Waals surface area contributed by atoms with E-state index in [9.17, 15) is 18.5 Å². The Bertz CT molecular complexity index is 1270. The summed E-state index contributed by atoms with van der Waals surface area (Å²) in [7, 11) is -4.74. The Hall–Kier alpha value is -3.30. The van der Waals surface area contributed by atoms with Gasteiger partial charge in [-0.1, -0.05) is 11.6 Å². The first-order chi connectivity index (χ1) is 15.0. The highest BCUT2D eigenvalue weighted by atomic mass is 31.2. The molecular weight excluding hydrogens is 442 g/mol. The fraction of sp³-hybridized carbons (Fsp3) is 0.143.